The fourth-order valence-corrected chi connectivity index (χ4v) is 3.59. The molecular weight excluding hydrogens is 256 g/mol. The van der Waals surface area contributed by atoms with Gasteiger partial charge in [-0.25, -0.2) is 0 Å². The topological polar surface area (TPSA) is 20.2 Å². The number of hydrogen-bond donors (Lipinski definition) is 1. The standard InChI is InChI=1S/C20H24O/c1-14-4-8-16(9-5-14)12-18-19(20(18,3)13-21)17-10-6-15(2)7-11-17/h4-11,18-19,21H,12-13H2,1-3H3/t18-,19-,20+/m1/s1. The van der Waals surface area contributed by atoms with Gasteiger partial charge >= 0.3 is 0 Å². The number of aliphatic hydroxyl groups excluding tert-OH is 1. The summed E-state index contributed by atoms with van der Waals surface area (Å²) < 4.78 is 0. The molecule has 1 fully saturated rings. The van der Waals surface area contributed by atoms with Gasteiger partial charge in [0.25, 0.3) is 0 Å². The van der Waals surface area contributed by atoms with E-state index >= 15 is 0 Å². The van der Waals surface area contributed by atoms with Gasteiger partial charge in [-0.05, 0) is 43.2 Å². The Kier molecular flexibility index (Phi) is 3.62. The monoisotopic (exact) mass is 280 g/mol. The first kappa shape index (κ1) is 14.3. The molecule has 1 N–H and O–H groups in total. The van der Waals surface area contributed by atoms with Crippen LogP contribution in [-0.4, -0.2) is 11.7 Å². The van der Waals surface area contributed by atoms with Crippen LogP contribution in [0.5, 0.6) is 0 Å². The Morgan fingerprint density at radius 2 is 1.43 bits per heavy atom. The fraction of sp³-hybridized carbons (Fsp3) is 0.400. The summed E-state index contributed by atoms with van der Waals surface area (Å²) in [5.41, 5.74) is 5.36. The number of aryl methyl sites for hydroxylation is 2. The van der Waals surface area contributed by atoms with Crippen LogP contribution < -0.4 is 0 Å². The molecule has 1 aliphatic rings. The van der Waals surface area contributed by atoms with Crippen molar-refractivity contribution in [3.8, 4) is 0 Å². The molecule has 2 aromatic carbocycles. The summed E-state index contributed by atoms with van der Waals surface area (Å²) in [5.74, 6) is 1.01. The van der Waals surface area contributed by atoms with Gasteiger partial charge in [-0.2, -0.15) is 0 Å². The van der Waals surface area contributed by atoms with Crippen molar-refractivity contribution in [2.45, 2.75) is 33.1 Å². The summed E-state index contributed by atoms with van der Waals surface area (Å²) in [5, 5.41) is 9.84. The minimum absolute atomic E-state index is 0.0279. The van der Waals surface area contributed by atoms with Crippen LogP contribution in [0.3, 0.4) is 0 Å². The van der Waals surface area contributed by atoms with E-state index in [1.165, 1.54) is 22.3 Å². The Morgan fingerprint density at radius 1 is 0.905 bits per heavy atom. The average Bonchev–Trinajstić information content (AvgIpc) is 3.07. The van der Waals surface area contributed by atoms with Gasteiger partial charge in [-0.3, -0.25) is 0 Å². The Hall–Kier alpha value is -1.60. The van der Waals surface area contributed by atoms with E-state index in [0.29, 0.717) is 11.8 Å². The van der Waals surface area contributed by atoms with Gasteiger partial charge in [0.1, 0.15) is 0 Å². The highest BCUT2D eigenvalue weighted by molar-refractivity contribution is 5.36. The number of aliphatic hydroxyl groups is 1. The molecule has 0 amide bonds. The molecule has 3 atom stereocenters. The van der Waals surface area contributed by atoms with Gasteiger partial charge in [-0.1, -0.05) is 66.6 Å². The largest absolute Gasteiger partial charge is 0.396 e. The molecule has 0 aliphatic heterocycles. The van der Waals surface area contributed by atoms with Crippen molar-refractivity contribution >= 4 is 0 Å². The van der Waals surface area contributed by atoms with Crippen LogP contribution >= 0.6 is 0 Å². The summed E-state index contributed by atoms with van der Waals surface area (Å²) in [7, 11) is 0. The Labute approximate surface area is 127 Å². The molecule has 110 valence electrons. The summed E-state index contributed by atoms with van der Waals surface area (Å²) >= 11 is 0. The van der Waals surface area contributed by atoms with E-state index in [2.05, 4.69) is 69.3 Å². The predicted octanol–water partition coefficient (Wildman–Crippen LogP) is 4.26. The number of benzene rings is 2. The number of hydrogen-bond acceptors (Lipinski definition) is 1. The van der Waals surface area contributed by atoms with E-state index in [1.807, 2.05) is 0 Å². The van der Waals surface area contributed by atoms with Gasteiger partial charge < -0.3 is 5.11 Å². The van der Waals surface area contributed by atoms with Crippen LogP contribution in [0, 0.1) is 25.2 Å². The zero-order valence-corrected chi connectivity index (χ0v) is 13.1. The van der Waals surface area contributed by atoms with Gasteiger partial charge in [0.2, 0.25) is 0 Å². The van der Waals surface area contributed by atoms with Crippen molar-refractivity contribution in [2.75, 3.05) is 6.61 Å². The first-order chi connectivity index (χ1) is 10.0. The second kappa shape index (κ2) is 5.31. The maximum absolute atomic E-state index is 9.84. The molecule has 1 nitrogen and oxygen atoms in total. The molecule has 0 spiro atoms. The van der Waals surface area contributed by atoms with Crippen molar-refractivity contribution in [2.24, 2.45) is 11.3 Å². The van der Waals surface area contributed by atoms with E-state index in [0.717, 1.165) is 6.42 Å². The van der Waals surface area contributed by atoms with Crippen LogP contribution in [0.2, 0.25) is 0 Å². The summed E-state index contributed by atoms with van der Waals surface area (Å²) in [6, 6.07) is 17.6. The normalized spacial score (nSPS) is 27.6. The molecule has 1 heteroatoms. The van der Waals surface area contributed by atoms with Crippen LogP contribution in [0.25, 0.3) is 0 Å². The SMILES string of the molecule is Cc1ccc(C[C@@H]2[C@@H](c3ccc(C)cc3)[C@@]2(C)CO)cc1. The van der Waals surface area contributed by atoms with Crippen molar-refractivity contribution < 1.29 is 5.11 Å². The summed E-state index contributed by atoms with van der Waals surface area (Å²) in [4.78, 5) is 0. The molecule has 0 saturated heterocycles. The van der Waals surface area contributed by atoms with Crippen molar-refractivity contribution in [3.05, 3.63) is 70.8 Å². The molecule has 0 radical (unpaired) electrons. The Bertz CT molecular complexity index is 611. The van der Waals surface area contributed by atoms with E-state index < -0.39 is 0 Å². The van der Waals surface area contributed by atoms with E-state index in [-0.39, 0.29) is 12.0 Å². The molecule has 21 heavy (non-hydrogen) atoms. The second-order valence-corrected chi connectivity index (χ2v) is 6.85. The minimum Gasteiger partial charge on any atom is -0.396 e. The second-order valence-electron chi connectivity index (χ2n) is 6.85. The third-order valence-electron chi connectivity index (χ3n) is 5.20. The van der Waals surface area contributed by atoms with Crippen LogP contribution in [0.1, 0.15) is 35.1 Å². The maximum Gasteiger partial charge on any atom is 0.0493 e. The van der Waals surface area contributed by atoms with Gasteiger partial charge in [0.05, 0.1) is 0 Å². The van der Waals surface area contributed by atoms with Crippen LogP contribution in [-0.2, 0) is 6.42 Å². The average molecular weight is 280 g/mol. The van der Waals surface area contributed by atoms with Gasteiger partial charge in [0, 0.05) is 12.0 Å². The number of rotatable bonds is 4. The third kappa shape index (κ3) is 2.63. The van der Waals surface area contributed by atoms with Gasteiger partial charge in [0.15, 0.2) is 0 Å². The van der Waals surface area contributed by atoms with Crippen molar-refractivity contribution in [1.82, 2.24) is 0 Å². The lowest BCUT2D eigenvalue weighted by molar-refractivity contribution is 0.208. The first-order valence-corrected chi connectivity index (χ1v) is 7.77. The maximum atomic E-state index is 9.84. The quantitative estimate of drug-likeness (QED) is 0.887. The first-order valence-electron chi connectivity index (χ1n) is 7.77. The lowest BCUT2D eigenvalue weighted by atomic mass is 10.0. The lowest BCUT2D eigenvalue weighted by Gasteiger charge is -2.07. The molecule has 0 aromatic heterocycles. The van der Waals surface area contributed by atoms with Crippen LogP contribution in [0.4, 0.5) is 0 Å². The highest BCUT2D eigenvalue weighted by Gasteiger charge is 2.60. The molecule has 1 saturated carbocycles. The Morgan fingerprint density at radius 3 is 1.95 bits per heavy atom. The van der Waals surface area contributed by atoms with E-state index in [1.54, 1.807) is 0 Å². The molecular formula is C20H24O. The lowest BCUT2D eigenvalue weighted by Crippen LogP contribution is -2.06. The highest BCUT2D eigenvalue weighted by atomic mass is 16.3. The molecule has 2 aromatic rings. The molecule has 3 rings (SSSR count). The molecule has 1 aliphatic carbocycles. The van der Waals surface area contributed by atoms with Gasteiger partial charge in [-0.15, -0.1) is 0 Å². The zero-order chi connectivity index (χ0) is 15.0. The fourth-order valence-electron chi connectivity index (χ4n) is 3.59. The van der Waals surface area contributed by atoms with Crippen molar-refractivity contribution in [1.29, 1.82) is 0 Å². The molecule has 0 heterocycles. The van der Waals surface area contributed by atoms with Crippen LogP contribution in [0.15, 0.2) is 48.5 Å². The highest BCUT2D eigenvalue weighted by Crippen LogP contribution is 2.65. The van der Waals surface area contributed by atoms with E-state index in [4.69, 9.17) is 0 Å². The van der Waals surface area contributed by atoms with Crippen molar-refractivity contribution in [3.63, 3.8) is 0 Å². The van der Waals surface area contributed by atoms with E-state index in [9.17, 15) is 5.11 Å². The molecule has 0 unspecified atom stereocenters. The predicted molar refractivity (Wildman–Crippen MR) is 87.5 cm³/mol. The smallest absolute Gasteiger partial charge is 0.0493 e. The zero-order valence-electron chi connectivity index (χ0n) is 13.1. The Balaban J connectivity index is 1.81. The summed E-state index contributed by atoms with van der Waals surface area (Å²) in [6.07, 6.45) is 1.05. The molecule has 0 bridgehead atoms. The summed E-state index contributed by atoms with van der Waals surface area (Å²) in [6.45, 7) is 6.72. The minimum atomic E-state index is 0.0279. The third-order valence-corrected chi connectivity index (χ3v) is 5.20.